The van der Waals surface area contributed by atoms with Gasteiger partial charge in [0.05, 0.1) is 0 Å². The van der Waals surface area contributed by atoms with Crippen molar-refractivity contribution in [2.75, 3.05) is 17.2 Å². The first-order chi connectivity index (χ1) is 9.20. The van der Waals surface area contributed by atoms with Gasteiger partial charge in [-0.2, -0.15) is 0 Å². The van der Waals surface area contributed by atoms with Gasteiger partial charge in [0.2, 0.25) is 0 Å². The summed E-state index contributed by atoms with van der Waals surface area (Å²) in [6.45, 7) is 7.03. The highest BCUT2D eigenvalue weighted by Crippen LogP contribution is 2.24. The van der Waals surface area contributed by atoms with Gasteiger partial charge >= 0.3 is 0 Å². The van der Waals surface area contributed by atoms with E-state index in [-0.39, 0.29) is 0 Å². The summed E-state index contributed by atoms with van der Waals surface area (Å²) < 4.78 is 0. The van der Waals surface area contributed by atoms with Crippen LogP contribution in [0.1, 0.15) is 56.8 Å². The maximum absolute atomic E-state index is 4.58. The Bertz CT molecular complexity index is 409. The van der Waals surface area contributed by atoms with Crippen molar-refractivity contribution in [2.45, 2.75) is 65.3 Å². The van der Waals surface area contributed by atoms with Crippen LogP contribution in [0.15, 0.2) is 0 Å². The predicted octanol–water partition coefficient (Wildman–Crippen LogP) is 3.66. The van der Waals surface area contributed by atoms with E-state index in [1.807, 2.05) is 6.92 Å². The van der Waals surface area contributed by atoms with Gasteiger partial charge in [-0.25, -0.2) is 9.97 Å². The third-order valence-electron chi connectivity index (χ3n) is 3.80. The van der Waals surface area contributed by atoms with Crippen LogP contribution in [0, 0.1) is 13.8 Å². The van der Waals surface area contributed by atoms with Crippen LogP contribution in [-0.2, 0) is 0 Å². The summed E-state index contributed by atoms with van der Waals surface area (Å²) >= 11 is 0. The summed E-state index contributed by atoms with van der Waals surface area (Å²) in [6.07, 6.45) is 7.95. The number of aromatic nitrogens is 2. The molecule has 1 aliphatic carbocycles. The minimum atomic E-state index is 0.574. The third kappa shape index (κ3) is 3.82. The molecule has 0 unspecified atom stereocenters. The molecule has 0 amide bonds. The number of aryl methyl sites for hydroxylation is 1. The van der Waals surface area contributed by atoms with E-state index in [2.05, 4.69) is 34.4 Å². The molecule has 19 heavy (non-hydrogen) atoms. The Hall–Kier alpha value is -1.32. The molecule has 0 spiro atoms. The van der Waals surface area contributed by atoms with Crippen molar-refractivity contribution in [1.29, 1.82) is 0 Å². The lowest BCUT2D eigenvalue weighted by molar-refractivity contribution is 0.616. The second-order valence-electron chi connectivity index (χ2n) is 5.46. The Balaban J connectivity index is 2.14. The first kappa shape index (κ1) is 14.1. The van der Waals surface area contributed by atoms with Crippen LogP contribution in [0.3, 0.4) is 0 Å². The number of rotatable bonds is 4. The molecule has 1 aliphatic rings. The Morgan fingerprint density at radius 3 is 2.26 bits per heavy atom. The number of nitrogens with zero attached hydrogens (tertiary/aromatic N) is 2. The van der Waals surface area contributed by atoms with Crippen molar-refractivity contribution in [2.24, 2.45) is 0 Å². The molecule has 0 radical (unpaired) electrons. The number of hydrogen-bond acceptors (Lipinski definition) is 4. The molecule has 4 heteroatoms. The molecular formula is C15H26N4. The Morgan fingerprint density at radius 2 is 1.63 bits per heavy atom. The normalized spacial score (nSPS) is 17.0. The molecule has 2 N–H and O–H groups in total. The molecule has 1 aromatic rings. The van der Waals surface area contributed by atoms with Crippen molar-refractivity contribution >= 4 is 11.6 Å². The van der Waals surface area contributed by atoms with Crippen molar-refractivity contribution < 1.29 is 0 Å². The topological polar surface area (TPSA) is 49.8 Å². The van der Waals surface area contributed by atoms with Gasteiger partial charge in [0.15, 0.2) is 0 Å². The minimum Gasteiger partial charge on any atom is -0.370 e. The zero-order valence-corrected chi connectivity index (χ0v) is 12.4. The van der Waals surface area contributed by atoms with Gasteiger partial charge in [-0.05, 0) is 33.6 Å². The smallest absolute Gasteiger partial charge is 0.134 e. The molecule has 2 rings (SSSR count). The van der Waals surface area contributed by atoms with E-state index in [1.54, 1.807) is 0 Å². The van der Waals surface area contributed by atoms with Gasteiger partial charge < -0.3 is 10.6 Å². The van der Waals surface area contributed by atoms with Gasteiger partial charge in [-0.1, -0.05) is 25.7 Å². The van der Waals surface area contributed by atoms with Crippen molar-refractivity contribution in [3.05, 3.63) is 11.4 Å². The largest absolute Gasteiger partial charge is 0.370 e. The van der Waals surface area contributed by atoms with Crippen molar-refractivity contribution in [3.8, 4) is 0 Å². The first-order valence-corrected chi connectivity index (χ1v) is 7.56. The fourth-order valence-electron chi connectivity index (χ4n) is 2.73. The maximum atomic E-state index is 4.58. The van der Waals surface area contributed by atoms with Crippen molar-refractivity contribution in [3.63, 3.8) is 0 Å². The van der Waals surface area contributed by atoms with Crippen LogP contribution in [0.2, 0.25) is 0 Å². The molecule has 1 heterocycles. The van der Waals surface area contributed by atoms with Crippen LogP contribution in [-0.4, -0.2) is 22.6 Å². The maximum Gasteiger partial charge on any atom is 0.134 e. The highest BCUT2D eigenvalue weighted by molar-refractivity contribution is 5.57. The molecule has 106 valence electrons. The van der Waals surface area contributed by atoms with Gasteiger partial charge in [-0.3, -0.25) is 0 Å². The van der Waals surface area contributed by atoms with Gasteiger partial charge in [0.1, 0.15) is 17.5 Å². The average Bonchev–Trinajstić information content (AvgIpc) is 2.64. The predicted molar refractivity (Wildman–Crippen MR) is 80.8 cm³/mol. The number of nitrogens with one attached hydrogen (secondary N) is 2. The summed E-state index contributed by atoms with van der Waals surface area (Å²) in [4.78, 5) is 9.05. The molecule has 0 saturated heterocycles. The molecule has 1 fully saturated rings. The fraction of sp³-hybridized carbons (Fsp3) is 0.733. The number of hydrogen-bond donors (Lipinski definition) is 2. The SMILES string of the molecule is CCNc1nc(C)nc(NC2CCCCCC2)c1C. The van der Waals surface area contributed by atoms with E-state index in [4.69, 9.17) is 0 Å². The zero-order chi connectivity index (χ0) is 13.7. The molecule has 1 saturated carbocycles. The fourth-order valence-corrected chi connectivity index (χ4v) is 2.73. The first-order valence-electron chi connectivity index (χ1n) is 7.56. The van der Waals surface area contributed by atoms with E-state index in [0.717, 1.165) is 29.6 Å². The van der Waals surface area contributed by atoms with Crippen molar-refractivity contribution in [1.82, 2.24) is 9.97 Å². The quantitative estimate of drug-likeness (QED) is 0.813. The summed E-state index contributed by atoms with van der Waals surface area (Å²) in [5.74, 6) is 2.80. The lowest BCUT2D eigenvalue weighted by Gasteiger charge is -2.20. The molecule has 1 aromatic heterocycles. The van der Waals surface area contributed by atoms with Crippen LogP contribution in [0.4, 0.5) is 11.6 Å². The van der Waals surface area contributed by atoms with Crippen LogP contribution >= 0.6 is 0 Å². The molecule has 0 atom stereocenters. The Labute approximate surface area is 116 Å². The van der Waals surface area contributed by atoms with E-state index in [1.165, 1.54) is 38.5 Å². The Kier molecular flexibility index (Phi) is 5.00. The number of anilines is 2. The van der Waals surface area contributed by atoms with E-state index < -0.39 is 0 Å². The summed E-state index contributed by atoms with van der Waals surface area (Å²) in [7, 11) is 0. The van der Waals surface area contributed by atoms with E-state index in [0.29, 0.717) is 6.04 Å². The molecule has 0 bridgehead atoms. The van der Waals surface area contributed by atoms with E-state index >= 15 is 0 Å². The lowest BCUT2D eigenvalue weighted by atomic mass is 10.1. The van der Waals surface area contributed by atoms with Gasteiger partial charge in [0, 0.05) is 18.2 Å². The second kappa shape index (κ2) is 6.73. The van der Waals surface area contributed by atoms with Crippen LogP contribution in [0.5, 0.6) is 0 Å². The molecule has 0 aromatic carbocycles. The van der Waals surface area contributed by atoms with Gasteiger partial charge in [0.25, 0.3) is 0 Å². The van der Waals surface area contributed by atoms with Crippen LogP contribution in [0.25, 0.3) is 0 Å². The summed E-state index contributed by atoms with van der Waals surface area (Å²) in [5, 5.41) is 6.95. The van der Waals surface area contributed by atoms with Gasteiger partial charge in [-0.15, -0.1) is 0 Å². The monoisotopic (exact) mass is 262 g/mol. The molecule has 0 aliphatic heterocycles. The highest BCUT2D eigenvalue weighted by Gasteiger charge is 2.15. The zero-order valence-electron chi connectivity index (χ0n) is 12.4. The molecule has 4 nitrogen and oxygen atoms in total. The molecular weight excluding hydrogens is 236 g/mol. The second-order valence-corrected chi connectivity index (χ2v) is 5.46. The minimum absolute atomic E-state index is 0.574. The standard InChI is InChI=1S/C15H26N4/c1-4-16-14-11(2)15(18-12(3)17-14)19-13-9-7-5-6-8-10-13/h13H,4-10H2,1-3H3,(H2,16,17,18,19). The van der Waals surface area contributed by atoms with E-state index in [9.17, 15) is 0 Å². The van der Waals surface area contributed by atoms with Crippen LogP contribution < -0.4 is 10.6 Å². The summed E-state index contributed by atoms with van der Waals surface area (Å²) in [5.41, 5.74) is 1.14. The third-order valence-corrected chi connectivity index (χ3v) is 3.80. The highest BCUT2D eigenvalue weighted by atomic mass is 15.1. The summed E-state index contributed by atoms with van der Waals surface area (Å²) in [6, 6.07) is 0.574. The average molecular weight is 262 g/mol. The Morgan fingerprint density at radius 1 is 1.00 bits per heavy atom. The lowest BCUT2D eigenvalue weighted by Crippen LogP contribution is -2.21.